The van der Waals surface area contributed by atoms with Gasteiger partial charge in [-0.25, -0.2) is 13.1 Å². The minimum absolute atomic E-state index is 0. The van der Waals surface area contributed by atoms with Gasteiger partial charge in [-0.05, 0) is 42.5 Å². The van der Waals surface area contributed by atoms with Gasteiger partial charge in [0.2, 0.25) is 10.0 Å². The van der Waals surface area contributed by atoms with Crippen LogP contribution >= 0.6 is 46.9 Å². The summed E-state index contributed by atoms with van der Waals surface area (Å²) >= 11 is 7.17. The molecule has 0 aliphatic heterocycles. The summed E-state index contributed by atoms with van der Waals surface area (Å²) in [5, 5.41) is 8.84. The Balaban J connectivity index is 0.00000364. The molecule has 27 heavy (non-hydrogen) atoms. The van der Waals surface area contributed by atoms with E-state index in [4.69, 9.17) is 11.6 Å². The third kappa shape index (κ3) is 8.77. The number of hydrogen-bond acceptors (Lipinski definition) is 4. The van der Waals surface area contributed by atoms with Crippen molar-refractivity contribution in [3.63, 3.8) is 0 Å². The van der Waals surface area contributed by atoms with Gasteiger partial charge >= 0.3 is 0 Å². The van der Waals surface area contributed by atoms with Gasteiger partial charge in [-0.15, -0.1) is 35.3 Å². The lowest BCUT2D eigenvalue weighted by Gasteiger charge is -2.11. The molecule has 0 fully saturated rings. The van der Waals surface area contributed by atoms with Crippen LogP contribution in [0.2, 0.25) is 5.02 Å². The largest absolute Gasteiger partial charge is 0.357 e. The van der Waals surface area contributed by atoms with E-state index in [1.807, 2.05) is 31.2 Å². The molecule has 0 atom stereocenters. The molecule has 0 bridgehead atoms. The zero-order valence-electron chi connectivity index (χ0n) is 14.9. The van der Waals surface area contributed by atoms with Crippen molar-refractivity contribution in [2.24, 2.45) is 4.99 Å². The molecule has 0 aliphatic rings. The summed E-state index contributed by atoms with van der Waals surface area (Å²) < 4.78 is 26.9. The lowest BCUT2D eigenvalue weighted by Crippen LogP contribution is -2.39. The Hall–Kier alpha value is -0.880. The fourth-order valence-electron chi connectivity index (χ4n) is 2.19. The number of guanidine groups is 1. The molecule has 2 rings (SSSR count). The number of thiophene rings is 1. The molecule has 2 aromatic rings. The minimum Gasteiger partial charge on any atom is -0.357 e. The average molecular weight is 543 g/mol. The van der Waals surface area contributed by atoms with Crippen LogP contribution in [-0.4, -0.2) is 40.6 Å². The number of benzene rings is 1. The molecule has 0 spiro atoms. The van der Waals surface area contributed by atoms with E-state index < -0.39 is 10.0 Å². The molecule has 0 amide bonds. The van der Waals surface area contributed by atoms with Crippen LogP contribution in [0.3, 0.4) is 0 Å². The first-order valence-electron chi connectivity index (χ1n) is 8.31. The van der Waals surface area contributed by atoms with E-state index in [-0.39, 0.29) is 30.5 Å². The highest BCUT2D eigenvalue weighted by molar-refractivity contribution is 14.0. The molecule has 0 aliphatic carbocycles. The van der Waals surface area contributed by atoms with E-state index in [0.717, 1.165) is 23.6 Å². The molecule has 0 saturated heterocycles. The van der Waals surface area contributed by atoms with Crippen LogP contribution < -0.4 is 15.4 Å². The van der Waals surface area contributed by atoms with Crippen LogP contribution in [0.1, 0.15) is 12.5 Å². The summed E-state index contributed by atoms with van der Waals surface area (Å²) in [6, 6.07) is 11.0. The van der Waals surface area contributed by atoms with Crippen molar-refractivity contribution in [2.45, 2.75) is 17.6 Å². The molecule has 6 nitrogen and oxygen atoms in total. The van der Waals surface area contributed by atoms with Gasteiger partial charge < -0.3 is 10.6 Å². The molecular weight excluding hydrogens is 519 g/mol. The smallest absolute Gasteiger partial charge is 0.250 e. The van der Waals surface area contributed by atoms with E-state index in [1.54, 1.807) is 17.5 Å². The first-order valence-corrected chi connectivity index (χ1v) is 11.0. The maximum atomic E-state index is 12.0. The third-order valence-corrected chi connectivity index (χ3v) is 6.47. The van der Waals surface area contributed by atoms with Gasteiger partial charge in [0.25, 0.3) is 0 Å². The van der Waals surface area contributed by atoms with Crippen LogP contribution in [0, 0.1) is 0 Å². The second kappa shape index (κ2) is 12.6. The topological polar surface area (TPSA) is 82.6 Å². The summed E-state index contributed by atoms with van der Waals surface area (Å²) in [7, 11) is -3.44. The van der Waals surface area contributed by atoms with Gasteiger partial charge in [0, 0.05) is 24.7 Å². The summed E-state index contributed by atoms with van der Waals surface area (Å²) in [4.78, 5) is 4.39. The van der Waals surface area contributed by atoms with Crippen molar-refractivity contribution in [2.75, 3.05) is 26.2 Å². The van der Waals surface area contributed by atoms with E-state index in [2.05, 4.69) is 20.3 Å². The van der Waals surface area contributed by atoms with Crippen LogP contribution in [0.5, 0.6) is 0 Å². The van der Waals surface area contributed by atoms with Crippen molar-refractivity contribution in [3.8, 4) is 0 Å². The Morgan fingerprint density at radius 2 is 2.00 bits per heavy atom. The molecule has 1 aromatic heterocycles. The van der Waals surface area contributed by atoms with Crippen molar-refractivity contribution in [1.29, 1.82) is 0 Å². The van der Waals surface area contributed by atoms with Crippen molar-refractivity contribution >= 4 is 62.9 Å². The SMILES string of the molecule is CCNC(=NCCNS(=O)(=O)c1cccs1)NCCc1cccc(Cl)c1.I. The standard InChI is InChI=1S/C17H23ClN4O2S2.HI/c1-2-19-17(20-9-8-14-5-3-6-15(18)13-14)21-10-11-22-26(23,24)16-7-4-12-25-16;/h3-7,12-13,22H,2,8-11H2,1H3,(H2,19,20,21);1H. The van der Waals surface area contributed by atoms with Gasteiger partial charge in [0.15, 0.2) is 5.96 Å². The molecule has 1 heterocycles. The number of nitrogens with one attached hydrogen (secondary N) is 3. The maximum absolute atomic E-state index is 12.0. The van der Waals surface area contributed by atoms with E-state index in [1.165, 1.54) is 11.3 Å². The normalized spacial score (nSPS) is 11.7. The minimum atomic E-state index is -3.44. The molecule has 0 unspecified atom stereocenters. The second-order valence-electron chi connectivity index (χ2n) is 5.40. The number of aliphatic imine (C=N–C) groups is 1. The Morgan fingerprint density at radius 1 is 1.19 bits per heavy atom. The highest BCUT2D eigenvalue weighted by Gasteiger charge is 2.13. The highest BCUT2D eigenvalue weighted by Crippen LogP contribution is 2.14. The fraction of sp³-hybridized carbons (Fsp3) is 0.353. The number of sulfonamides is 1. The van der Waals surface area contributed by atoms with Crippen molar-refractivity contribution in [3.05, 3.63) is 52.4 Å². The van der Waals surface area contributed by atoms with E-state index >= 15 is 0 Å². The fourth-order valence-corrected chi connectivity index (χ4v) is 4.47. The predicted octanol–water partition coefficient (Wildman–Crippen LogP) is 3.10. The molecular formula is C17H24ClIN4O2S2. The first kappa shape index (κ1) is 24.2. The average Bonchev–Trinajstić information content (AvgIpc) is 3.14. The second-order valence-corrected chi connectivity index (χ2v) is 8.78. The molecule has 0 saturated carbocycles. The molecule has 1 aromatic carbocycles. The summed E-state index contributed by atoms with van der Waals surface area (Å²) in [5.41, 5.74) is 1.14. The Bertz CT molecular complexity index is 814. The molecule has 3 N–H and O–H groups in total. The lowest BCUT2D eigenvalue weighted by molar-refractivity contribution is 0.584. The molecule has 0 radical (unpaired) electrons. The van der Waals surface area contributed by atoms with Gasteiger partial charge in [-0.3, -0.25) is 4.99 Å². The number of rotatable bonds is 9. The Morgan fingerprint density at radius 3 is 2.67 bits per heavy atom. The summed E-state index contributed by atoms with van der Waals surface area (Å²) in [5.74, 6) is 0.657. The monoisotopic (exact) mass is 542 g/mol. The molecule has 150 valence electrons. The van der Waals surface area contributed by atoms with Gasteiger partial charge in [-0.2, -0.15) is 0 Å². The first-order chi connectivity index (χ1) is 12.5. The maximum Gasteiger partial charge on any atom is 0.250 e. The summed E-state index contributed by atoms with van der Waals surface area (Å²) in [6.07, 6.45) is 0.815. The van der Waals surface area contributed by atoms with Crippen LogP contribution in [0.15, 0.2) is 51.0 Å². The van der Waals surface area contributed by atoms with Gasteiger partial charge in [-0.1, -0.05) is 29.8 Å². The zero-order chi connectivity index (χ0) is 18.8. The molecule has 10 heteroatoms. The number of halogens is 2. The Kier molecular flexibility index (Phi) is 11.2. The van der Waals surface area contributed by atoms with Crippen molar-refractivity contribution < 1.29 is 8.42 Å². The van der Waals surface area contributed by atoms with Gasteiger partial charge in [0.05, 0.1) is 6.54 Å². The van der Waals surface area contributed by atoms with Crippen LogP contribution in [-0.2, 0) is 16.4 Å². The Labute approximate surface area is 186 Å². The zero-order valence-corrected chi connectivity index (χ0v) is 19.7. The predicted molar refractivity (Wildman–Crippen MR) is 124 cm³/mol. The van der Waals surface area contributed by atoms with E-state index in [9.17, 15) is 8.42 Å². The van der Waals surface area contributed by atoms with Crippen molar-refractivity contribution in [1.82, 2.24) is 15.4 Å². The summed E-state index contributed by atoms with van der Waals surface area (Å²) in [6.45, 7) is 3.99. The third-order valence-electron chi connectivity index (χ3n) is 3.37. The van der Waals surface area contributed by atoms with E-state index in [0.29, 0.717) is 23.3 Å². The lowest BCUT2D eigenvalue weighted by atomic mass is 10.1. The van der Waals surface area contributed by atoms with Crippen LogP contribution in [0.25, 0.3) is 0 Å². The number of nitrogens with zero attached hydrogens (tertiary/aromatic N) is 1. The number of hydrogen-bond donors (Lipinski definition) is 3. The highest BCUT2D eigenvalue weighted by atomic mass is 127. The quantitative estimate of drug-likeness (QED) is 0.197. The van der Waals surface area contributed by atoms with Crippen LogP contribution in [0.4, 0.5) is 0 Å². The van der Waals surface area contributed by atoms with Gasteiger partial charge in [0.1, 0.15) is 4.21 Å².